The van der Waals surface area contributed by atoms with Crippen LogP contribution in [0.1, 0.15) is 108 Å². The Hall–Kier alpha value is -5.88. The number of nitrogens with one attached hydrogen (secondary N) is 5. The summed E-state index contributed by atoms with van der Waals surface area (Å²) in [6.07, 6.45) is -0.161. The Morgan fingerprint density at radius 3 is 1.69 bits per heavy atom. The highest BCUT2D eigenvalue weighted by atomic mass is 16.5. The highest BCUT2D eigenvalue weighted by molar-refractivity contribution is 6.09. The third-order valence-corrected chi connectivity index (χ3v) is 13.3. The van der Waals surface area contributed by atoms with E-state index < -0.39 is 144 Å². The molecule has 19 heteroatoms. The van der Waals surface area contributed by atoms with Gasteiger partial charge in [-0.05, 0) is 64.9 Å². The van der Waals surface area contributed by atoms with Gasteiger partial charge in [-0.15, -0.1) is 0 Å². The van der Waals surface area contributed by atoms with Crippen LogP contribution in [-0.2, 0) is 59.1 Å². The molecule has 5 N–H and O–H groups in total. The topological polar surface area (TPSA) is 250 Å². The van der Waals surface area contributed by atoms with E-state index in [1.807, 2.05) is 6.92 Å². The second kappa shape index (κ2) is 26.0. The van der Waals surface area contributed by atoms with Crippen LogP contribution in [0.15, 0.2) is 30.3 Å². The lowest BCUT2D eigenvalue weighted by Gasteiger charge is -2.37. The lowest BCUT2D eigenvalue weighted by Crippen LogP contribution is -2.60. The predicted octanol–water partition coefficient (Wildman–Crippen LogP) is 1.75. The van der Waals surface area contributed by atoms with E-state index in [9.17, 15) is 47.9 Å². The van der Waals surface area contributed by atoms with Crippen molar-refractivity contribution in [3.05, 3.63) is 35.9 Å². The molecule has 8 amide bonds. The number of likely N-dealkylation sites (N-methyl/N-ethyl adjacent to an activating group) is 3. The number of hydrogen-bond donors (Lipinski definition) is 5. The van der Waals surface area contributed by atoms with Gasteiger partial charge in [-0.2, -0.15) is 0 Å². The molecule has 1 fully saturated rings. The molecule has 0 aromatic heterocycles. The zero-order valence-corrected chi connectivity index (χ0v) is 42.8. The molecule has 0 unspecified atom stereocenters. The Bertz CT molecular complexity index is 1980. The van der Waals surface area contributed by atoms with Gasteiger partial charge < -0.3 is 46.0 Å². The molecule has 1 heterocycles. The molecular weight excluding hydrogens is 877 g/mol. The number of Topliss-reactive ketones (excluding diaryl/α,β-unsaturated/α-hetero) is 1. The number of nitrogens with zero attached hydrogens (tertiary/aromatic N) is 3. The highest BCUT2D eigenvalue weighted by Gasteiger charge is 2.43. The molecule has 0 aliphatic carbocycles. The molecule has 0 saturated carbocycles. The van der Waals surface area contributed by atoms with E-state index in [4.69, 9.17) is 4.74 Å². The number of benzene rings is 1. The molecule has 68 heavy (non-hydrogen) atoms. The van der Waals surface area contributed by atoms with E-state index in [0.717, 1.165) is 0 Å². The molecule has 1 aromatic carbocycles. The van der Waals surface area contributed by atoms with Crippen LogP contribution in [-0.4, -0.2) is 150 Å². The van der Waals surface area contributed by atoms with Crippen molar-refractivity contribution in [1.82, 2.24) is 41.3 Å². The molecule has 2 rings (SSSR count). The number of ketones is 1. The summed E-state index contributed by atoms with van der Waals surface area (Å²) in [6, 6.07) is 2.24. The predicted molar refractivity (Wildman–Crippen MR) is 255 cm³/mol. The van der Waals surface area contributed by atoms with E-state index in [1.54, 1.807) is 71.9 Å². The maximum atomic E-state index is 14.5. The summed E-state index contributed by atoms with van der Waals surface area (Å²) in [7, 11) is 4.24. The van der Waals surface area contributed by atoms with Crippen LogP contribution in [0, 0.1) is 29.1 Å². The first kappa shape index (κ1) is 58.2. The second-order valence-electron chi connectivity index (χ2n) is 19.1. The molecule has 1 aliphatic heterocycles. The van der Waals surface area contributed by atoms with E-state index in [2.05, 4.69) is 26.6 Å². The van der Waals surface area contributed by atoms with E-state index >= 15 is 0 Å². The first-order chi connectivity index (χ1) is 31.7. The van der Waals surface area contributed by atoms with E-state index in [-0.39, 0.29) is 12.8 Å². The van der Waals surface area contributed by atoms with Gasteiger partial charge in [0.05, 0.1) is 25.0 Å². The minimum atomic E-state index is -1.78. The molecular formula is C49H78N8O11. The average Bonchev–Trinajstić information content (AvgIpc) is 3.30. The van der Waals surface area contributed by atoms with Crippen LogP contribution in [0.2, 0.25) is 0 Å². The van der Waals surface area contributed by atoms with Crippen LogP contribution in [0.5, 0.6) is 0 Å². The fraction of sp³-hybridized carbons (Fsp3) is 0.673. The fourth-order valence-corrected chi connectivity index (χ4v) is 8.03. The van der Waals surface area contributed by atoms with Gasteiger partial charge in [0, 0.05) is 39.5 Å². The number of carbonyl (C=O) groups excluding carboxylic acids is 10. The Morgan fingerprint density at radius 1 is 0.647 bits per heavy atom. The van der Waals surface area contributed by atoms with Gasteiger partial charge in [-0.1, -0.05) is 85.2 Å². The van der Waals surface area contributed by atoms with Crippen molar-refractivity contribution in [2.75, 3.05) is 34.2 Å². The number of ether oxygens (including phenoxy) is 1. The monoisotopic (exact) mass is 955 g/mol. The van der Waals surface area contributed by atoms with Crippen LogP contribution < -0.4 is 26.6 Å². The molecule has 0 radical (unpaired) electrons. The number of rotatable bonds is 8. The van der Waals surface area contributed by atoms with Crippen LogP contribution in [0.4, 0.5) is 0 Å². The number of hydrogen-bond acceptors (Lipinski definition) is 11. The maximum absolute atomic E-state index is 14.5. The molecule has 0 bridgehead atoms. The molecule has 1 saturated heterocycles. The van der Waals surface area contributed by atoms with Gasteiger partial charge in [0.2, 0.25) is 41.4 Å². The standard InChI is InChI=1S/C49H78N8O11/c1-16-28(6)39-44(63)50-25-36(58)56(14)38(27(4)5)46(65)55(13)35(24-33-22-20-19-21-23-33)43(62)52-31(9)41(60)49(11,12)48(67)53-32(10)42(61)54-34(18-3)30(8)47(66)68-40(29(7)17-2)45(64)51-26-37(59)57(39)15/h19-23,27-32,34-35,38-40H,16-18,24-26H2,1-15H3,(H,50,63)(H,51,64)(H,52,62)(H,53,67)(H,54,61)/t28-,29-,30-,31-,32-,34+,35-,38-,39+,40-/m0/s1. The first-order valence-corrected chi connectivity index (χ1v) is 23.7. The molecule has 380 valence electrons. The number of cyclic esters (lactones) is 1. The number of esters is 1. The van der Waals surface area contributed by atoms with Crippen LogP contribution >= 0.6 is 0 Å². The summed E-state index contributed by atoms with van der Waals surface area (Å²) in [5.41, 5.74) is -1.08. The quantitative estimate of drug-likeness (QED) is 0.186. The van der Waals surface area contributed by atoms with Crippen LogP contribution in [0.25, 0.3) is 0 Å². The van der Waals surface area contributed by atoms with Gasteiger partial charge >= 0.3 is 5.97 Å². The Balaban J connectivity index is 2.66. The summed E-state index contributed by atoms with van der Waals surface area (Å²) in [6.45, 7) is 18.2. The third kappa shape index (κ3) is 15.1. The van der Waals surface area contributed by atoms with Gasteiger partial charge in [0.1, 0.15) is 29.6 Å². The van der Waals surface area contributed by atoms with Gasteiger partial charge in [0.25, 0.3) is 5.91 Å². The van der Waals surface area contributed by atoms with Gasteiger partial charge in [-0.25, -0.2) is 0 Å². The van der Waals surface area contributed by atoms with Gasteiger partial charge in [0.15, 0.2) is 11.9 Å². The lowest BCUT2D eigenvalue weighted by molar-refractivity contribution is -0.163. The minimum absolute atomic E-state index is 0.0192. The van der Waals surface area contributed by atoms with Crippen molar-refractivity contribution in [2.24, 2.45) is 29.1 Å². The molecule has 1 aliphatic rings. The van der Waals surface area contributed by atoms with Crippen molar-refractivity contribution in [3.63, 3.8) is 0 Å². The van der Waals surface area contributed by atoms with E-state index in [1.165, 1.54) is 70.5 Å². The number of amides is 8. The summed E-state index contributed by atoms with van der Waals surface area (Å²) < 4.78 is 5.75. The zero-order chi connectivity index (χ0) is 52.0. The second-order valence-corrected chi connectivity index (χ2v) is 19.1. The average molecular weight is 955 g/mol. The summed E-state index contributed by atoms with van der Waals surface area (Å²) >= 11 is 0. The normalized spacial score (nSPS) is 27.6. The first-order valence-electron chi connectivity index (χ1n) is 23.7. The largest absolute Gasteiger partial charge is 0.452 e. The van der Waals surface area contributed by atoms with Crippen molar-refractivity contribution in [3.8, 4) is 0 Å². The third-order valence-electron chi connectivity index (χ3n) is 13.3. The van der Waals surface area contributed by atoms with Crippen molar-refractivity contribution >= 4 is 59.0 Å². The van der Waals surface area contributed by atoms with Crippen molar-refractivity contribution in [1.29, 1.82) is 0 Å². The Morgan fingerprint density at radius 2 is 1.18 bits per heavy atom. The summed E-state index contributed by atoms with van der Waals surface area (Å²) in [4.78, 5) is 142. The molecule has 1 aromatic rings. The fourth-order valence-electron chi connectivity index (χ4n) is 8.03. The Kier molecular flexibility index (Phi) is 22.3. The SMILES string of the molecule is CC[C@H](C)[C@@H]1OC(=O)[C@@H](C)[C@@H](CC)NC(=O)[C@H](C)NC(=O)C(C)(C)C(=O)[C@H](C)NC(=O)[C@H](Cc2ccccc2)N(C)C(=O)[C@H](C(C)C)N(C)C(=O)CNC(=O)[C@@H]([C@@H](C)CC)N(C)C(=O)CNC1=O. The van der Waals surface area contributed by atoms with Crippen molar-refractivity contribution in [2.45, 2.75) is 151 Å². The maximum Gasteiger partial charge on any atom is 0.311 e. The molecule has 19 nitrogen and oxygen atoms in total. The Labute approximate surface area is 402 Å². The molecule has 0 spiro atoms. The highest BCUT2D eigenvalue weighted by Crippen LogP contribution is 2.23. The smallest absolute Gasteiger partial charge is 0.311 e. The minimum Gasteiger partial charge on any atom is -0.452 e. The zero-order valence-electron chi connectivity index (χ0n) is 42.8. The van der Waals surface area contributed by atoms with Gasteiger partial charge in [-0.3, -0.25) is 47.9 Å². The van der Waals surface area contributed by atoms with Crippen molar-refractivity contribution < 1.29 is 52.7 Å². The van der Waals surface area contributed by atoms with Crippen LogP contribution in [0.3, 0.4) is 0 Å². The lowest BCUT2D eigenvalue weighted by atomic mass is 9.83. The number of carbonyl (C=O) groups is 10. The van der Waals surface area contributed by atoms with E-state index in [0.29, 0.717) is 18.4 Å². The molecule has 10 atom stereocenters. The summed E-state index contributed by atoms with van der Waals surface area (Å²) in [5, 5.41) is 13.2. The summed E-state index contributed by atoms with van der Waals surface area (Å²) in [5.74, 6) is -9.29.